The van der Waals surface area contributed by atoms with Gasteiger partial charge in [0.25, 0.3) is 5.91 Å². The topological polar surface area (TPSA) is 86.9 Å². The molecule has 5 nitrogen and oxygen atoms in total. The summed E-state index contributed by atoms with van der Waals surface area (Å²) in [4.78, 5) is 13.1. The van der Waals surface area contributed by atoms with Gasteiger partial charge in [-0.3, -0.25) is 9.48 Å². The molecule has 0 radical (unpaired) electrons. The normalized spacial score (nSPS) is 12.9. The van der Waals surface area contributed by atoms with Gasteiger partial charge in [0.05, 0.1) is 21.0 Å². The molecule has 29 heavy (non-hydrogen) atoms. The van der Waals surface area contributed by atoms with Crippen molar-refractivity contribution in [2.45, 2.75) is 18.5 Å². The van der Waals surface area contributed by atoms with E-state index >= 15 is 0 Å². The molecule has 4 N–H and O–H groups in total. The quantitative estimate of drug-likeness (QED) is 0.543. The highest BCUT2D eigenvalue weighted by Crippen LogP contribution is 2.44. The minimum atomic E-state index is -4.48. The third-order valence-corrected chi connectivity index (χ3v) is 6.97. The smallest absolute Gasteiger partial charge is 0.365 e. The second-order valence-corrected chi connectivity index (χ2v) is 8.30. The van der Waals surface area contributed by atoms with E-state index in [0.29, 0.717) is 10.0 Å². The molecular formula is C19H18BrF3N4OS. The number of alkyl halides is 3. The lowest BCUT2D eigenvalue weighted by atomic mass is 9.89. The summed E-state index contributed by atoms with van der Waals surface area (Å²) in [7, 11) is 1.76. The maximum Gasteiger partial charge on any atom is 0.416 e. The molecule has 0 unspecified atom stereocenters. The number of aryl methyl sites for hydroxylation is 1. The van der Waals surface area contributed by atoms with Gasteiger partial charge in [-0.1, -0.05) is 18.2 Å². The SMILES string of the molecule is Cn1nccc1-c1sc(C(N)=O)c([C@@H](CN)Cc2ccccc2C(F)(F)F)c1Br. The van der Waals surface area contributed by atoms with Gasteiger partial charge in [0.1, 0.15) is 0 Å². The first-order valence-corrected chi connectivity index (χ1v) is 10.2. The van der Waals surface area contributed by atoms with Crippen LogP contribution in [0, 0.1) is 0 Å². The molecule has 1 aromatic carbocycles. The van der Waals surface area contributed by atoms with Crippen molar-refractivity contribution in [2.24, 2.45) is 18.5 Å². The van der Waals surface area contributed by atoms with Gasteiger partial charge in [-0.25, -0.2) is 0 Å². The van der Waals surface area contributed by atoms with Gasteiger partial charge in [0.15, 0.2) is 0 Å². The summed E-state index contributed by atoms with van der Waals surface area (Å²) in [6, 6.07) is 7.15. The van der Waals surface area contributed by atoms with E-state index in [1.54, 1.807) is 30.1 Å². The Kier molecular flexibility index (Phi) is 6.16. The number of hydrogen-bond acceptors (Lipinski definition) is 4. The van der Waals surface area contributed by atoms with Crippen molar-refractivity contribution >= 4 is 33.2 Å². The fourth-order valence-corrected chi connectivity index (χ4v) is 5.56. The Balaban J connectivity index is 2.10. The Labute approximate surface area is 177 Å². The number of hydrogen-bond donors (Lipinski definition) is 2. The summed E-state index contributed by atoms with van der Waals surface area (Å²) in [6.07, 6.45) is -2.84. The van der Waals surface area contributed by atoms with Crippen LogP contribution >= 0.6 is 27.3 Å². The van der Waals surface area contributed by atoms with Crippen molar-refractivity contribution in [1.82, 2.24) is 9.78 Å². The average Bonchev–Trinajstić information content (AvgIpc) is 3.22. The molecule has 3 rings (SSSR count). The summed E-state index contributed by atoms with van der Waals surface area (Å²) in [5.41, 5.74) is 12.2. The first-order chi connectivity index (χ1) is 13.6. The predicted molar refractivity (Wildman–Crippen MR) is 110 cm³/mol. The van der Waals surface area contributed by atoms with E-state index in [1.165, 1.54) is 23.5 Å². The van der Waals surface area contributed by atoms with Crippen LogP contribution < -0.4 is 11.5 Å². The largest absolute Gasteiger partial charge is 0.416 e. The van der Waals surface area contributed by atoms with Crippen LogP contribution in [0.4, 0.5) is 13.2 Å². The highest BCUT2D eigenvalue weighted by Gasteiger charge is 2.34. The van der Waals surface area contributed by atoms with E-state index in [4.69, 9.17) is 11.5 Å². The lowest BCUT2D eigenvalue weighted by molar-refractivity contribution is -0.138. The van der Waals surface area contributed by atoms with Gasteiger partial charge in [-0.2, -0.15) is 18.3 Å². The van der Waals surface area contributed by atoms with Gasteiger partial charge in [0, 0.05) is 23.6 Å². The standard InChI is InChI=1S/C19H18BrF3N4OS/c1-27-13(6-7-26-27)16-15(20)14(17(29-16)18(25)28)11(9-24)8-10-4-2-3-5-12(10)19(21,22)23/h2-7,11H,8-9,24H2,1H3,(H2,25,28)/t11-/m1/s1. The van der Waals surface area contributed by atoms with Gasteiger partial charge in [-0.05, 0) is 52.2 Å². The number of carbonyl (C=O) groups is 1. The monoisotopic (exact) mass is 486 g/mol. The van der Waals surface area contributed by atoms with E-state index < -0.39 is 23.6 Å². The third kappa shape index (κ3) is 4.24. The van der Waals surface area contributed by atoms with Crippen molar-refractivity contribution in [3.63, 3.8) is 0 Å². The molecule has 0 saturated carbocycles. The van der Waals surface area contributed by atoms with Crippen molar-refractivity contribution in [2.75, 3.05) is 6.54 Å². The van der Waals surface area contributed by atoms with Crippen LogP contribution in [0.3, 0.4) is 0 Å². The Hall–Kier alpha value is -2.17. The van der Waals surface area contributed by atoms with Gasteiger partial charge < -0.3 is 11.5 Å². The summed E-state index contributed by atoms with van der Waals surface area (Å²) < 4.78 is 42.4. The van der Waals surface area contributed by atoms with Gasteiger partial charge in [-0.15, -0.1) is 11.3 Å². The number of thiophene rings is 1. The molecule has 3 aromatic rings. The molecule has 0 saturated heterocycles. The molecule has 0 fully saturated rings. The lowest BCUT2D eigenvalue weighted by Gasteiger charge is -2.19. The van der Waals surface area contributed by atoms with Crippen molar-refractivity contribution < 1.29 is 18.0 Å². The van der Waals surface area contributed by atoms with Crippen molar-refractivity contribution in [1.29, 1.82) is 0 Å². The highest BCUT2D eigenvalue weighted by atomic mass is 79.9. The minimum absolute atomic E-state index is 0.0205. The first kappa shape index (κ1) is 21.5. The summed E-state index contributed by atoms with van der Waals surface area (Å²) in [6.45, 7) is 0.0482. The molecule has 0 aliphatic heterocycles. The van der Waals surface area contributed by atoms with E-state index in [-0.39, 0.29) is 23.4 Å². The number of nitrogens with zero attached hydrogens (tertiary/aromatic N) is 2. The Bertz CT molecular complexity index is 1040. The second-order valence-electron chi connectivity index (χ2n) is 6.48. The molecule has 10 heteroatoms. The number of nitrogens with two attached hydrogens (primary N) is 2. The number of halogens is 4. The maximum absolute atomic E-state index is 13.4. The van der Waals surface area contributed by atoms with Gasteiger partial charge in [0.2, 0.25) is 0 Å². The Morgan fingerprint density at radius 3 is 2.55 bits per heavy atom. The molecule has 0 bridgehead atoms. The lowest BCUT2D eigenvalue weighted by Crippen LogP contribution is -2.21. The minimum Gasteiger partial charge on any atom is -0.365 e. The zero-order valence-electron chi connectivity index (χ0n) is 15.3. The molecule has 1 amide bonds. The summed E-state index contributed by atoms with van der Waals surface area (Å²) >= 11 is 4.69. The second kappa shape index (κ2) is 8.29. The zero-order valence-corrected chi connectivity index (χ0v) is 17.7. The third-order valence-electron chi connectivity index (χ3n) is 4.64. The molecule has 0 aliphatic carbocycles. The van der Waals surface area contributed by atoms with Crippen molar-refractivity contribution in [3.8, 4) is 10.6 Å². The molecular weight excluding hydrogens is 469 g/mol. The number of benzene rings is 1. The van der Waals surface area contributed by atoms with Crippen LogP contribution in [0.1, 0.15) is 32.3 Å². The number of amides is 1. The number of rotatable bonds is 6. The van der Waals surface area contributed by atoms with Crippen LogP contribution in [0.5, 0.6) is 0 Å². The van der Waals surface area contributed by atoms with Gasteiger partial charge >= 0.3 is 6.18 Å². The molecule has 0 spiro atoms. The van der Waals surface area contributed by atoms with E-state index in [2.05, 4.69) is 21.0 Å². The summed E-state index contributed by atoms with van der Waals surface area (Å²) in [5.74, 6) is -1.18. The molecule has 1 atom stereocenters. The van der Waals surface area contributed by atoms with Crippen LogP contribution in [0.15, 0.2) is 41.0 Å². The fourth-order valence-electron chi connectivity index (χ4n) is 3.28. The van der Waals surface area contributed by atoms with Crippen LogP contribution in [0.2, 0.25) is 0 Å². The van der Waals surface area contributed by atoms with Crippen LogP contribution in [-0.4, -0.2) is 22.2 Å². The molecule has 2 heterocycles. The Morgan fingerprint density at radius 1 is 1.31 bits per heavy atom. The van der Waals surface area contributed by atoms with Crippen LogP contribution in [0.25, 0.3) is 10.6 Å². The van der Waals surface area contributed by atoms with Crippen molar-refractivity contribution in [3.05, 3.63) is 62.6 Å². The van der Waals surface area contributed by atoms with E-state index in [0.717, 1.165) is 16.6 Å². The average molecular weight is 487 g/mol. The predicted octanol–water partition coefficient (Wildman–Crippen LogP) is 4.31. The number of carbonyl (C=O) groups excluding carboxylic acids is 1. The summed E-state index contributed by atoms with van der Waals surface area (Å²) in [5, 5.41) is 4.13. The fraction of sp³-hybridized carbons (Fsp3) is 0.263. The zero-order chi connectivity index (χ0) is 21.3. The molecule has 0 aliphatic rings. The maximum atomic E-state index is 13.4. The molecule has 2 aromatic heterocycles. The highest BCUT2D eigenvalue weighted by molar-refractivity contribution is 9.10. The number of primary amides is 1. The van der Waals surface area contributed by atoms with E-state index in [1.807, 2.05) is 0 Å². The van der Waals surface area contributed by atoms with Crippen LogP contribution in [-0.2, 0) is 19.6 Å². The molecule has 154 valence electrons. The van der Waals surface area contributed by atoms with E-state index in [9.17, 15) is 18.0 Å². The first-order valence-electron chi connectivity index (χ1n) is 8.60. The number of aromatic nitrogens is 2. The Morgan fingerprint density at radius 2 is 2.00 bits per heavy atom.